The Kier molecular flexibility index (Phi) is 23.4. The highest BCUT2D eigenvalue weighted by Gasteiger charge is 2.47. The monoisotopic (exact) mass is 1040 g/mol. The SMILES string of the molecule is COC1C=CC(CNN(C)[P+](=S)Oc2ccc(/C=N/N(C)[P+](=S)Oc3ccc(/C=N/N(C)[P+](=S)Oc4ccc(CCN(C[P+](O)(OC)OC)C[P+](O)(OC)OC)cc4)cc3)cc2)CC1. The predicted octanol–water partition coefficient (Wildman–Crippen LogP) is 8.35. The first-order valence-electron chi connectivity index (χ1n) is 19.8. The lowest BCUT2D eigenvalue weighted by molar-refractivity contribution is 0.121. The summed E-state index contributed by atoms with van der Waals surface area (Å²) in [6.07, 6.45) is 10.7. The summed E-state index contributed by atoms with van der Waals surface area (Å²) in [5, 5.41) is 8.98. The summed E-state index contributed by atoms with van der Waals surface area (Å²) in [4.78, 5) is 23.2. The number of ether oxygens (including phenoxy) is 1. The first kappa shape index (κ1) is 54.4. The summed E-state index contributed by atoms with van der Waals surface area (Å²) in [5.41, 5.74) is 6.09. The summed E-state index contributed by atoms with van der Waals surface area (Å²) in [7, 11) is 2.13. The van der Waals surface area contributed by atoms with Crippen LogP contribution in [0.2, 0.25) is 0 Å². The minimum atomic E-state index is -3.15. The largest absolute Gasteiger partial charge is 0.540 e. The van der Waals surface area contributed by atoms with Crippen molar-refractivity contribution in [2.45, 2.75) is 25.4 Å². The highest BCUT2D eigenvalue weighted by Crippen LogP contribution is 2.60. The Balaban J connectivity index is 1.19. The van der Waals surface area contributed by atoms with E-state index < -0.39 is 37.1 Å². The minimum Gasteiger partial charge on any atom is -0.377 e. The normalized spacial score (nSPS) is 16.4. The van der Waals surface area contributed by atoms with Crippen molar-refractivity contribution in [3.63, 3.8) is 0 Å². The Hall–Kier alpha value is -2.24. The number of methoxy groups -OCH3 is 1. The molecule has 3 aromatic carbocycles. The van der Waals surface area contributed by atoms with Crippen molar-refractivity contribution in [1.82, 2.24) is 24.7 Å². The summed E-state index contributed by atoms with van der Waals surface area (Å²) < 4.78 is 49.4. The zero-order valence-corrected chi connectivity index (χ0v) is 44.1. The van der Waals surface area contributed by atoms with E-state index in [9.17, 15) is 9.79 Å². The molecular formula is C39H59N7O10P5S3+5. The number of benzene rings is 3. The first-order chi connectivity index (χ1) is 30.6. The van der Waals surface area contributed by atoms with Gasteiger partial charge in [0.05, 0.1) is 68.1 Å². The topological polar surface area (TPSA) is 164 Å². The number of hydrazine groups is 1. The highest BCUT2D eigenvalue weighted by molar-refractivity contribution is 8.02. The number of hydrazone groups is 2. The zero-order chi connectivity index (χ0) is 46.7. The van der Waals surface area contributed by atoms with Crippen LogP contribution in [-0.2, 0) is 64.7 Å². The average Bonchev–Trinajstić information content (AvgIpc) is 3.32. The van der Waals surface area contributed by atoms with Crippen molar-refractivity contribution < 1.29 is 46.2 Å². The van der Waals surface area contributed by atoms with Gasteiger partial charge in [-0.15, -0.1) is 10.2 Å². The maximum Gasteiger partial charge on any atom is 0.540 e. The Bertz CT molecular complexity index is 2020. The van der Waals surface area contributed by atoms with Gasteiger partial charge >= 0.3 is 37.1 Å². The third-order valence-electron chi connectivity index (χ3n) is 9.62. The molecule has 1 aliphatic carbocycles. The molecule has 64 heavy (non-hydrogen) atoms. The lowest BCUT2D eigenvalue weighted by atomic mass is 9.94. The molecule has 17 nitrogen and oxygen atoms in total. The van der Waals surface area contributed by atoms with E-state index in [4.69, 9.17) is 71.8 Å². The molecule has 0 heterocycles. The molecule has 5 atom stereocenters. The summed E-state index contributed by atoms with van der Waals surface area (Å²) >= 11 is 16.9. The zero-order valence-electron chi connectivity index (χ0n) is 37.1. The molecule has 3 N–H and O–H groups in total. The van der Waals surface area contributed by atoms with Gasteiger partial charge in [0.15, 0.2) is 29.8 Å². The maximum atomic E-state index is 10.7. The number of rotatable bonds is 28. The Morgan fingerprint density at radius 1 is 0.656 bits per heavy atom. The van der Waals surface area contributed by atoms with Gasteiger partial charge in [0, 0.05) is 20.2 Å². The van der Waals surface area contributed by atoms with Crippen LogP contribution < -0.4 is 19.0 Å². The van der Waals surface area contributed by atoms with E-state index in [-0.39, 0.29) is 18.7 Å². The van der Waals surface area contributed by atoms with Gasteiger partial charge in [-0.3, -0.25) is 13.6 Å². The maximum absolute atomic E-state index is 10.7. The summed E-state index contributed by atoms with van der Waals surface area (Å²) in [5.74, 6) is 2.32. The third-order valence-corrected chi connectivity index (χ3v) is 19.1. The second-order valence-electron chi connectivity index (χ2n) is 14.1. The molecule has 0 amide bonds. The lowest BCUT2D eigenvalue weighted by Gasteiger charge is -2.25. The van der Waals surface area contributed by atoms with Crippen LogP contribution in [0.3, 0.4) is 0 Å². The van der Waals surface area contributed by atoms with Crippen molar-refractivity contribution in [3.8, 4) is 17.2 Å². The van der Waals surface area contributed by atoms with Crippen molar-refractivity contribution in [2.75, 3.05) is 82.4 Å². The van der Waals surface area contributed by atoms with Crippen LogP contribution in [0.15, 0.2) is 95.2 Å². The molecule has 0 aliphatic heterocycles. The van der Waals surface area contributed by atoms with Gasteiger partial charge in [0.25, 0.3) is 0 Å². The fraction of sp³-hybridized carbons (Fsp3) is 0.436. The molecule has 0 fully saturated rings. The fourth-order valence-electron chi connectivity index (χ4n) is 5.67. The van der Waals surface area contributed by atoms with E-state index in [0.717, 1.165) is 36.1 Å². The minimum absolute atomic E-state index is 0.0601. The molecule has 0 saturated carbocycles. The van der Waals surface area contributed by atoms with Gasteiger partial charge < -0.3 is 4.74 Å². The first-order valence-corrected chi connectivity index (χ1v) is 30.0. The molecule has 5 unspecified atom stereocenters. The Morgan fingerprint density at radius 3 is 1.50 bits per heavy atom. The van der Waals surface area contributed by atoms with Crippen LogP contribution in [0.5, 0.6) is 17.2 Å². The standard InChI is InChI=1S/C39H59N7O10P5S3/c1-43(40-27-33-11-17-36(49-4)18-12-33)58(63)55-38-21-15-35(16-22-38)29-42-45(3)59(64)56-39-23-13-34(14-24-39)28-41-44(2)57(62)54-37-19-9-32(10-20-37)25-26-46(30-60(47,50-5)51-6)31-61(48,52-7)53-8/h9-11,13-17,19-24,28-29,33,36,40,47-48H,12,18,25-27,30-31H2,1-8H3/q+5/b41-28+,42-29+. The molecule has 25 heteroatoms. The van der Waals surface area contributed by atoms with Crippen LogP contribution in [0.25, 0.3) is 0 Å². The van der Waals surface area contributed by atoms with Crippen molar-refractivity contribution in [2.24, 2.45) is 16.1 Å². The van der Waals surface area contributed by atoms with Gasteiger partial charge in [-0.2, -0.15) is 27.9 Å². The average molecular weight is 1040 g/mol. The van der Waals surface area contributed by atoms with Crippen LogP contribution >= 0.6 is 37.1 Å². The van der Waals surface area contributed by atoms with Crippen LogP contribution in [-0.4, -0.2) is 130 Å². The molecule has 0 radical (unpaired) electrons. The van der Waals surface area contributed by atoms with Crippen LogP contribution in [0.1, 0.15) is 29.5 Å². The van der Waals surface area contributed by atoms with E-state index >= 15 is 0 Å². The number of nitrogens with one attached hydrogen (secondary N) is 1. The van der Waals surface area contributed by atoms with Crippen molar-refractivity contribution in [1.29, 1.82) is 0 Å². The van der Waals surface area contributed by atoms with E-state index in [2.05, 4.69) is 27.8 Å². The number of hydrogen-bond acceptors (Lipinski definition) is 17. The molecule has 0 spiro atoms. The quantitative estimate of drug-likeness (QED) is 0.0275. The molecular weight excluding hydrogens is 978 g/mol. The van der Waals surface area contributed by atoms with E-state index in [1.54, 1.807) is 48.1 Å². The van der Waals surface area contributed by atoms with Crippen molar-refractivity contribution in [3.05, 3.63) is 102 Å². The molecule has 348 valence electrons. The fourth-order valence-corrected chi connectivity index (χ4v) is 11.0. The van der Waals surface area contributed by atoms with Gasteiger partial charge in [0.1, 0.15) is 0 Å². The van der Waals surface area contributed by atoms with Gasteiger partial charge in [0.2, 0.25) is 35.4 Å². The number of hydrogen-bond donors (Lipinski definition) is 3. The van der Waals surface area contributed by atoms with Crippen molar-refractivity contribution >= 4 is 85.0 Å². The molecule has 3 aromatic rings. The summed E-state index contributed by atoms with van der Waals surface area (Å²) in [6.45, 7) is 1.25. The van der Waals surface area contributed by atoms with E-state index in [1.165, 1.54) is 28.4 Å². The Morgan fingerprint density at radius 2 is 1.09 bits per heavy atom. The van der Waals surface area contributed by atoms with Gasteiger partial charge in [-0.1, -0.05) is 33.8 Å². The molecule has 4 rings (SSSR count). The second kappa shape index (κ2) is 27.5. The van der Waals surface area contributed by atoms with Gasteiger partial charge in [-0.25, -0.2) is 10.3 Å². The predicted molar refractivity (Wildman–Crippen MR) is 270 cm³/mol. The molecule has 0 saturated heterocycles. The second-order valence-corrected chi connectivity index (χ2v) is 25.2. The van der Waals surface area contributed by atoms with E-state index in [1.807, 2.05) is 84.6 Å². The number of nitrogens with zero attached hydrogens (tertiary/aromatic N) is 6. The van der Waals surface area contributed by atoms with E-state index in [0.29, 0.717) is 36.1 Å². The van der Waals surface area contributed by atoms with Crippen LogP contribution in [0.4, 0.5) is 0 Å². The smallest absolute Gasteiger partial charge is 0.377 e. The highest BCUT2D eigenvalue weighted by atomic mass is 32.4. The molecule has 1 aliphatic rings. The third kappa shape index (κ3) is 18.4. The Labute approximate surface area is 396 Å². The lowest BCUT2D eigenvalue weighted by Crippen LogP contribution is -2.34. The van der Waals surface area contributed by atoms with Gasteiger partial charge in [-0.05, 0) is 107 Å². The molecule has 0 bridgehead atoms. The molecule has 0 aromatic heterocycles. The van der Waals surface area contributed by atoms with Crippen LogP contribution in [0, 0.1) is 5.92 Å². The summed E-state index contributed by atoms with van der Waals surface area (Å²) in [6, 6.07) is 22.5.